The molecule has 0 radical (unpaired) electrons. The first kappa shape index (κ1) is 26.9. The van der Waals surface area contributed by atoms with Crippen LogP contribution in [-0.4, -0.2) is 57.1 Å². The average molecular weight is 539 g/mol. The molecule has 0 atom stereocenters. The Balaban J connectivity index is 1.46. The predicted octanol–water partition coefficient (Wildman–Crippen LogP) is 5.75. The highest BCUT2D eigenvalue weighted by atomic mass is 32.2. The molecule has 1 saturated heterocycles. The van der Waals surface area contributed by atoms with E-state index in [4.69, 9.17) is 0 Å². The van der Waals surface area contributed by atoms with Gasteiger partial charge in [-0.05, 0) is 62.4 Å². The number of hydrogen-bond donors (Lipinski definition) is 2. The largest absolute Gasteiger partial charge is 0.434 e. The maximum atomic E-state index is 13.2. The zero-order valence-electron chi connectivity index (χ0n) is 20.0. The van der Waals surface area contributed by atoms with Crippen LogP contribution >= 0.6 is 11.9 Å². The molecule has 2 N–H and O–H groups in total. The summed E-state index contributed by atoms with van der Waals surface area (Å²) in [5, 5.41) is 10.6. The molecule has 12 heteroatoms. The van der Waals surface area contributed by atoms with Gasteiger partial charge in [-0.25, -0.2) is 8.78 Å². The lowest BCUT2D eigenvalue weighted by molar-refractivity contribution is -0.0577. The van der Waals surface area contributed by atoms with E-state index in [1.807, 2.05) is 18.2 Å². The van der Waals surface area contributed by atoms with Crippen molar-refractivity contribution in [2.75, 3.05) is 17.8 Å². The minimum Gasteiger partial charge on any atom is -0.434 e. The Morgan fingerprint density at radius 3 is 2.65 bits per heavy atom. The summed E-state index contributed by atoms with van der Waals surface area (Å²) < 4.78 is 60.5. The third-order valence-electron chi connectivity index (χ3n) is 6.18. The smallest absolute Gasteiger partial charge is 0.387 e. The van der Waals surface area contributed by atoms with Crippen molar-refractivity contribution in [2.45, 2.75) is 55.6 Å². The number of benzene rings is 2. The second-order valence-corrected chi connectivity index (χ2v) is 9.91. The SMILES string of the molecule is CC(F)(F)CCC1(O)CCN(C(=O)c2ccc(NSc3cccc4nccnc34)cc2OC(F)F)CC1. The summed E-state index contributed by atoms with van der Waals surface area (Å²) in [6, 6.07) is 9.75. The van der Waals surface area contributed by atoms with Gasteiger partial charge in [-0.1, -0.05) is 6.07 Å². The van der Waals surface area contributed by atoms with Crippen LogP contribution in [0.2, 0.25) is 0 Å². The highest BCUT2D eigenvalue weighted by Crippen LogP contribution is 2.34. The van der Waals surface area contributed by atoms with E-state index in [0.29, 0.717) is 16.7 Å². The molecular formula is C25H26F4N4O3S. The fraction of sp³-hybridized carbons (Fsp3) is 0.400. The zero-order valence-corrected chi connectivity index (χ0v) is 20.8. The Bertz CT molecular complexity index is 1240. The van der Waals surface area contributed by atoms with Gasteiger partial charge in [0.15, 0.2) is 0 Å². The van der Waals surface area contributed by atoms with Crippen molar-refractivity contribution in [3.05, 3.63) is 54.4 Å². The number of anilines is 1. The number of carbonyl (C=O) groups excluding carboxylic acids is 1. The molecule has 2 aromatic carbocycles. The zero-order chi connectivity index (χ0) is 26.6. The van der Waals surface area contributed by atoms with Crippen LogP contribution in [0, 0.1) is 0 Å². The molecule has 0 spiro atoms. The molecule has 1 aromatic heterocycles. The number of hydrogen-bond acceptors (Lipinski definition) is 7. The van der Waals surface area contributed by atoms with Crippen molar-refractivity contribution in [3.63, 3.8) is 0 Å². The summed E-state index contributed by atoms with van der Waals surface area (Å²) in [7, 11) is 0. The van der Waals surface area contributed by atoms with Crippen molar-refractivity contribution in [3.8, 4) is 5.75 Å². The second-order valence-electron chi connectivity index (χ2n) is 9.06. The Hall–Kier alpha value is -3.12. The Labute approximate surface area is 215 Å². The van der Waals surface area contributed by atoms with E-state index < -0.39 is 30.5 Å². The van der Waals surface area contributed by atoms with Gasteiger partial charge in [-0.2, -0.15) is 8.78 Å². The number of nitrogens with one attached hydrogen (secondary N) is 1. The molecule has 0 bridgehead atoms. The van der Waals surface area contributed by atoms with Gasteiger partial charge in [-0.15, -0.1) is 0 Å². The van der Waals surface area contributed by atoms with Crippen LogP contribution in [0.25, 0.3) is 11.0 Å². The first-order chi connectivity index (χ1) is 17.5. The molecule has 1 aliphatic rings. The second kappa shape index (κ2) is 11.1. The summed E-state index contributed by atoms with van der Waals surface area (Å²) in [4.78, 5) is 23.9. The number of aromatic nitrogens is 2. The van der Waals surface area contributed by atoms with Crippen LogP contribution in [0.3, 0.4) is 0 Å². The molecule has 7 nitrogen and oxygen atoms in total. The first-order valence-electron chi connectivity index (χ1n) is 11.6. The maximum Gasteiger partial charge on any atom is 0.387 e. The van der Waals surface area contributed by atoms with Crippen LogP contribution in [0.15, 0.2) is 53.7 Å². The predicted molar refractivity (Wildman–Crippen MR) is 132 cm³/mol. The normalized spacial score (nSPS) is 15.7. The van der Waals surface area contributed by atoms with Gasteiger partial charge in [-0.3, -0.25) is 14.8 Å². The van der Waals surface area contributed by atoms with E-state index in [2.05, 4.69) is 19.4 Å². The first-order valence-corrected chi connectivity index (χ1v) is 12.5. The molecule has 2 heterocycles. The molecule has 3 aromatic rings. The number of alkyl halides is 4. The Morgan fingerprint density at radius 1 is 1.22 bits per heavy atom. The van der Waals surface area contributed by atoms with Gasteiger partial charge in [0, 0.05) is 43.7 Å². The molecule has 4 rings (SSSR count). The van der Waals surface area contributed by atoms with Crippen molar-refractivity contribution in [1.29, 1.82) is 0 Å². The van der Waals surface area contributed by atoms with Gasteiger partial charge < -0.3 is 19.5 Å². The minimum atomic E-state index is -3.15. The monoisotopic (exact) mass is 538 g/mol. The van der Waals surface area contributed by atoms with E-state index >= 15 is 0 Å². The number of rotatable bonds is 9. The lowest BCUT2D eigenvalue weighted by atomic mass is 9.86. The topological polar surface area (TPSA) is 87.6 Å². The number of ether oxygens (including phenoxy) is 1. The number of para-hydroxylation sites is 1. The van der Waals surface area contributed by atoms with Gasteiger partial charge in [0.1, 0.15) is 11.3 Å². The molecule has 37 heavy (non-hydrogen) atoms. The molecule has 0 saturated carbocycles. The third-order valence-corrected chi connectivity index (χ3v) is 7.07. The van der Waals surface area contributed by atoms with Crippen molar-refractivity contribution in [2.24, 2.45) is 0 Å². The number of aliphatic hydroxyl groups is 1. The van der Waals surface area contributed by atoms with Crippen molar-refractivity contribution < 1.29 is 32.2 Å². The van der Waals surface area contributed by atoms with Crippen LogP contribution in [0.1, 0.15) is 43.0 Å². The van der Waals surface area contributed by atoms with Gasteiger partial charge in [0.05, 0.1) is 21.6 Å². The van der Waals surface area contributed by atoms with Gasteiger partial charge >= 0.3 is 6.61 Å². The van der Waals surface area contributed by atoms with E-state index in [1.165, 1.54) is 29.0 Å². The summed E-state index contributed by atoms with van der Waals surface area (Å²) in [5.74, 6) is -3.73. The quantitative estimate of drug-likeness (QED) is 0.265. The number of amides is 1. The Kier molecular flexibility index (Phi) is 8.08. The number of fused-ring (bicyclic) bond motifs is 1. The fourth-order valence-electron chi connectivity index (χ4n) is 4.12. The van der Waals surface area contributed by atoms with Crippen molar-refractivity contribution in [1.82, 2.24) is 14.9 Å². The lowest BCUT2D eigenvalue weighted by Crippen LogP contribution is -2.47. The van der Waals surface area contributed by atoms with E-state index in [9.17, 15) is 27.5 Å². The molecule has 1 fully saturated rings. The molecule has 198 valence electrons. The molecule has 0 unspecified atom stereocenters. The van der Waals surface area contributed by atoms with Crippen LogP contribution in [0.4, 0.5) is 23.2 Å². The summed E-state index contributed by atoms with van der Waals surface area (Å²) in [5.41, 5.74) is 0.444. The highest BCUT2D eigenvalue weighted by molar-refractivity contribution is 8.00. The lowest BCUT2D eigenvalue weighted by Gasteiger charge is -2.38. The summed E-state index contributed by atoms with van der Waals surface area (Å²) in [6.45, 7) is -2.13. The van der Waals surface area contributed by atoms with Crippen molar-refractivity contribution >= 4 is 34.6 Å². The molecule has 1 amide bonds. The summed E-state index contributed by atoms with van der Waals surface area (Å²) in [6.07, 6.45) is 2.84. The van der Waals surface area contributed by atoms with Gasteiger partial charge in [0.2, 0.25) is 5.92 Å². The average Bonchev–Trinajstić information content (AvgIpc) is 2.86. The van der Waals surface area contributed by atoms with E-state index in [1.54, 1.807) is 18.5 Å². The van der Waals surface area contributed by atoms with E-state index in [-0.39, 0.29) is 43.7 Å². The molecular weight excluding hydrogens is 512 g/mol. The Morgan fingerprint density at radius 2 is 1.95 bits per heavy atom. The molecule has 1 aliphatic heterocycles. The number of likely N-dealkylation sites (tertiary alicyclic amines) is 1. The number of piperidine rings is 1. The molecule has 0 aliphatic carbocycles. The fourth-order valence-corrected chi connectivity index (χ4v) is 4.87. The van der Waals surface area contributed by atoms with Gasteiger partial charge in [0.25, 0.3) is 5.91 Å². The van der Waals surface area contributed by atoms with Crippen LogP contribution in [-0.2, 0) is 0 Å². The summed E-state index contributed by atoms with van der Waals surface area (Å²) >= 11 is 1.21. The highest BCUT2D eigenvalue weighted by Gasteiger charge is 2.37. The number of halogens is 4. The standard InChI is InChI=1S/C25H26F4N4O3S/c1-24(28,29)7-8-25(35)9-13-33(14-10-25)22(34)17-6-5-16(15-19(17)36-23(26)27)32-37-20-4-2-3-18-21(20)31-12-11-30-18/h2-6,11-12,15,23,32,35H,7-10,13-14H2,1H3. The van der Waals surface area contributed by atoms with Crippen LogP contribution in [0.5, 0.6) is 5.75 Å². The van der Waals surface area contributed by atoms with Crippen LogP contribution < -0.4 is 9.46 Å². The minimum absolute atomic E-state index is 0.0580. The maximum absolute atomic E-state index is 13.2. The number of nitrogens with zero attached hydrogens (tertiary/aromatic N) is 3. The van der Waals surface area contributed by atoms with E-state index in [0.717, 1.165) is 11.8 Å². The third kappa shape index (κ3) is 7.01. The number of carbonyl (C=O) groups is 1.